The van der Waals surface area contributed by atoms with E-state index in [-0.39, 0.29) is 18.1 Å². The number of imidazole rings is 1. The standard InChI is InChI=1S/C13H22N4O2/c1-11(18)9-15-5-7-16(8-6-15)13(19)12(2)17-4-3-14-10-17/h3-4,10-12,18H,5-9H2,1-2H3. The Labute approximate surface area is 113 Å². The van der Waals surface area contributed by atoms with Crippen molar-refractivity contribution in [1.82, 2.24) is 19.4 Å². The number of amides is 1. The third kappa shape index (κ3) is 3.54. The molecule has 1 fully saturated rings. The molecule has 0 aromatic carbocycles. The average molecular weight is 266 g/mol. The maximum Gasteiger partial charge on any atom is 0.245 e. The zero-order valence-corrected chi connectivity index (χ0v) is 11.6. The van der Waals surface area contributed by atoms with E-state index >= 15 is 0 Å². The number of piperazine rings is 1. The highest BCUT2D eigenvalue weighted by atomic mass is 16.3. The SMILES string of the molecule is CC(O)CN1CCN(C(=O)C(C)n2ccnc2)CC1. The molecule has 0 aliphatic carbocycles. The van der Waals surface area contributed by atoms with Gasteiger partial charge in [-0.15, -0.1) is 0 Å². The summed E-state index contributed by atoms with van der Waals surface area (Å²) in [5, 5.41) is 9.36. The Morgan fingerprint density at radius 2 is 2.00 bits per heavy atom. The molecule has 1 N–H and O–H groups in total. The molecule has 1 aliphatic heterocycles. The molecule has 2 unspecified atom stereocenters. The molecule has 106 valence electrons. The number of rotatable bonds is 4. The first-order valence-corrected chi connectivity index (χ1v) is 6.74. The van der Waals surface area contributed by atoms with Gasteiger partial charge in [-0.2, -0.15) is 0 Å². The lowest BCUT2D eigenvalue weighted by atomic mass is 10.2. The molecule has 2 atom stereocenters. The number of aliphatic hydroxyl groups is 1. The van der Waals surface area contributed by atoms with Crippen LogP contribution in [0.15, 0.2) is 18.7 Å². The lowest BCUT2D eigenvalue weighted by molar-refractivity contribution is -0.136. The molecule has 0 bridgehead atoms. The molecular formula is C13H22N4O2. The van der Waals surface area contributed by atoms with E-state index in [2.05, 4.69) is 9.88 Å². The normalized spacial score (nSPS) is 20.3. The zero-order valence-electron chi connectivity index (χ0n) is 11.6. The molecule has 6 nitrogen and oxygen atoms in total. The monoisotopic (exact) mass is 266 g/mol. The summed E-state index contributed by atoms with van der Waals surface area (Å²) >= 11 is 0. The fourth-order valence-corrected chi connectivity index (χ4v) is 2.41. The van der Waals surface area contributed by atoms with E-state index in [1.54, 1.807) is 19.4 Å². The van der Waals surface area contributed by atoms with Crippen molar-refractivity contribution in [2.24, 2.45) is 0 Å². The molecular weight excluding hydrogens is 244 g/mol. The number of aromatic nitrogens is 2. The van der Waals surface area contributed by atoms with Crippen molar-refractivity contribution in [2.45, 2.75) is 26.0 Å². The molecule has 1 aromatic heterocycles. The maximum atomic E-state index is 12.3. The van der Waals surface area contributed by atoms with Crippen LogP contribution in [-0.2, 0) is 4.79 Å². The third-order valence-corrected chi connectivity index (χ3v) is 3.54. The van der Waals surface area contributed by atoms with Gasteiger partial charge in [0.05, 0.1) is 12.4 Å². The van der Waals surface area contributed by atoms with Crippen LogP contribution in [0.2, 0.25) is 0 Å². The van der Waals surface area contributed by atoms with E-state index in [4.69, 9.17) is 0 Å². The van der Waals surface area contributed by atoms with E-state index in [1.165, 1.54) is 0 Å². The smallest absolute Gasteiger partial charge is 0.245 e. The molecule has 1 aliphatic rings. The van der Waals surface area contributed by atoms with Gasteiger partial charge in [-0.05, 0) is 13.8 Å². The fraction of sp³-hybridized carbons (Fsp3) is 0.692. The number of β-amino-alcohol motifs (C(OH)–C–C–N with tert-alkyl or cyclic N) is 1. The van der Waals surface area contributed by atoms with Crippen LogP contribution in [0, 0.1) is 0 Å². The lowest BCUT2D eigenvalue weighted by Crippen LogP contribution is -2.51. The number of hydrogen-bond acceptors (Lipinski definition) is 4. The van der Waals surface area contributed by atoms with Gasteiger partial charge in [0.1, 0.15) is 6.04 Å². The Bertz CT molecular complexity index is 397. The molecule has 1 saturated heterocycles. The molecule has 0 spiro atoms. The van der Waals surface area contributed by atoms with Gasteiger partial charge in [0.2, 0.25) is 5.91 Å². The molecule has 2 rings (SSSR count). The van der Waals surface area contributed by atoms with E-state index in [9.17, 15) is 9.90 Å². The van der Waals surface area contributed by atoms with E-state index in [0.717, 1.165) is 26.2 Å². The second kappa shape index (κ2) is 6.16. The van der Waals surface area contributed by atoms with Gasteiger partial charge in [-0.1, -0.05) is 0 Å². The Morgan fingerprint density at radius 3 is 2.53 bits per heavy atom. The quantitative estimate of drug-likeness (QED) is 0.831. The molecule has 2 heterocycles. The minimum Gasteiger partial charge on any atom is -0.392 e. The Hall–Kier alpha value is -1.40. The summed E-state index contributed by atoms with van der Waals surface area (Å²) < 4.78 is 1.82. The first-order valence-electron chi connectivity index (χ1n) is 6.74. The molecule has 1 aromatic rings. The Balaban J connectivity index is 1.85. The van der Waals surface area contributed by atoms with Gasteiger partial charge < -0.3 is 14.6 Å². The van der Waals surface area contributed by atoms with Crippen molar-refractivity contribution in [3.8, 4) is 0 Å². The molecule has 0 saturated carbocycles. The average Bonchev–Trinajstić information content (AvgIpc) is 2.91. The molecule has 19 heavy (non-hydrogen) atoms. The summed E-state index contributed by atoms with van der Waals surface area (Å²) in [5.41, 5.74) is 0. The third-order valence-electron chi connectivity index (χ3n) is 3.54. The Morgan fingerprint density at radius 1 is 1.32 bits per heavy atom. The van der Waals surface area contributed by atoms with Crippen LogP contribution < -0.4 is 0 Å². The van der Waals surface area contributed by atoms with Gasteiger partial charge in [0.25, 0.3) is 0 Å². The van der Waals surface area contributed by atoms with E-state index in [0.29, 0.717) is 6.54 Å². The Kier molecular flexibility index (Phi) is 4.55. The van der Waals surface area contributed by atoms with Crippen LogP contribution in [0.1, 0.15) is 19.9 Å². The molecule has 1 amide bonds. The fourth-order valence-electron chi connectivity index (χ4n) is 2.41. The molecule has 0 radical (unpaired) electrons. The van der Waals surface area contributed by atoms with E-state index < -0.39 is 0 Å². The van der Waals surface area contributed by atoms with Gasteiger partial charge in [-0.3, -0.25) is 9.69 Å². The van der Waals surface area contributed by atoms with Gasteiger partial charge in [-0.25, -0.2) is 4.98 Å². The number of aliphatic hydroxyl groups excluding tert-OH is 1. The van der Waals surface area contributed by atoms with Crippen molar-refractivity contribution < 1.29 is 9.90 Å². The number of hydrogen-bond donors (Lipinski definition) is 1. The van der Waals surface area contributed by atoms with Crippen LogP contribution in [0.4, 0.5) is 0 Å². The molecule has 6 heteroatoms. The van der Waals surface area contributed by atoms with Crippen LogP contribution in [0.3, 0.4) is 0 Å². The zero-order chi connectivity index (χ0) is 13.8. The summed E-state index contributed by atoms with van der Waals surface area (Å²) in [7, 11) is 0. The van der Waals surface area contributed by atoms with Crippen molar-refractivity contribution in [3.63, 3.8) is 0 Å². The largest absolute Gasteiger partial charge is 0.392 e. The first kappa shape index (κ1) is 14.0. The summed E-state index contributed by atoms with van der Waals surface area (Å²) in [5.74, 6) is 0.134. The lowest BCUT2D eigenvalue weighted by Gasteiger charge is -2.36. The second-order valence-corrected chi connectivity index (χ2v) is 5.16. The predicted octanol–water partition coefficient (Wildman–Crippen LogP) is -0.0309. The van der Waals surface area contributed by atoms with Crippen molar-refractivity contribution in [3.05, 3.63) is 18.7 Å². The predicted molar refractivity (Wildman–Crippen MR) is 71.6 cm³/mol. The highest BCUT2D eigenvalue weighted by molar-refractivity contribution is 5.80. The highest BCUT2D eigenvalue weighted by Crippen LogP contribution is 2.12. The van der Waals surface area contributed by atoms with Gasteiger partial charge in [0.15, 0.2) is 0 Å². The van der Waals surface area contributed by atoms with Crippen molar-refractivity contribution in [1.29, 1.82) is 0 Å². The van der Waals surface area contributed by atoms with Crippen LogP contribution in [0.25, 0.3) is 0 Å². The van der Waals surface area contributed by atoms with Gasteiger partial charge >= 0.3 is 0 Å². The number of carbonyl (C=O) groups excluding carboxylic acids is 1. The number of nitrogens with zero attached hydrogens (tertiary/aromatic N) is 4. The topological polar surface area (TPSA) is 61.6 Å². The maximum absolute atomic E-state index is 12.3. The summed E-state index contributed by atoms with van der Waals surface area (Å²) in [6.07, 6.45) is 4.86. The first-order chi connectivity index (χ1) is 9.08. The minimum absolute atomic E-state index is 0.134. The van der Waals surface area contributed by atoms with Crippen molar-refractivity contribution >= 4 is 5.91 Å². The minimum atomic E-state index is -0.313. The highest BCUT2D eigenvalue weighted by Gasteiger charge is 2.25. The van der Waals surface area contributed by atoms with Gasteiger partial charge in [0, 0.05) is 45.1 Å². The van der Waals surface area contributed by atoms with Crippen LogP contribution >= 0.6 is 0 Å². The van der Waals surface area contributed by atoms with Crippen LogP contribution in [-0.4, -0.2) is 69.2 Å². The summed E-state index contributed by atoms with van der Waals surface area (Å²) in [6.45, 7) is 7.47. The summed E-state index contributed by atoms with van der Waals surface area (Å²) in [6, 6.07) is -0.203. The summed E-state index contributed by atoms with van der Waals surface area (Å²) in [4.78, 5) is 20.4. The van der Waals surface area contributed by atoms with Crippen molar-refractivity contribution in [2.75, 3.05) is 32.7 Å². The van der Waals surface area contributed by atoms with Crippen LogP contribution in [0.5, 0.6) is 0 Å². The second-order valence-electron chi connectivity index (χ2n) is 5.16. The number of carbonyl (C=O) groups is 1. The van der Waals surface area contributed by atoms with E-state index in [1.807, 2.05) is 22.6 Å².